The predicted octanol–water partition coefficient (Wildman–Crippen LogP) is -0.322. The summed E-state index contributed by atoms with van der Waals surface area (Å²) in [5, 5.41) is 19.2. The summed E-state index contributed by atoms with van der Waals surface area (Å²) in [6.45, 7) is 2.09. The maximum atomic E-state index is 11.5. The van der Waals surface area contributed by atoms with Gasteiger partial charge in [-0.2, -0.15) is 0 Å². The molecule has 0 radical (unpaired) electrons. The molecule has 20 heavy (non-hydrogen) atoms. The molecular formula is C12H22O7S. The lowest BCUT2D eigenvalue weighted by atomic mass is 9.82. The van der Waals surface area contributed by atoms with E-state index in [1.807, 2.05) is 0 Å². The van der Waals surface area contributed by atoms with E-state index in [1.54, 1.807) is 6.92 Å². The minimum atomic E-state index is -3.34. The van der Waals surface area contributed by atoms with Crippen LogP contribution in [0.4, 0.5) is 0 Å². The van der Waals surface area contributed by atoms with Crippen molar-refractivity contribution in [2.45, 2.75) is 32.0 Å². The van der Waals surface area contributed by atoms with Gasteiger partial charge in [-0.25, -0.2) is 8.42 Å². The maximum Gasteiger partial charge on any atom is 0.310 e. The van der Waals surface area contributed by atoms with E-state index in [1.165, 1.54) is 7.11 Å². The first-order valence-electron chi connectivity index (χ1n) is 6.43. The van der Waals surface area contributed by atoms with Crippen molar-refractivity contribution in [3.8, 4) is 0 Å². The molecule has 3 atom stereocenters. The molecule has 0 aromatic heterocycles. The second-order valence-corrected chi connectivity index (χ2v) is 7.57. The molecule has 1 heterocycles. The standard InChI is InChI=1S/C12H22O7S/c1-9(6-18-2)19-7-10(13)5-12(11(14)15)3-4-20(16,17)8-12/h9-10,13H,3-8H2,1-2H3,(H,14,15). The van der Waals surface area contributed by atoms with E-state index in [0.717, 1.165) is 0 Å². The van der Waals surface area contributed by atoms with Crippen molar-refractivity contribution in [3.63, 3.8) is 0 Å². The third-order valence-corrected chi connectivity index (χ3v) is 5.26. The second-order valence-electron chi connectivity index (χ2n) is 5.38. The Balaban J connectivity index is 2.57. The number of methoxy groups -OCH3 is 1. The van der Waals surface area contributed by atoms with Crippen LogP contribution in [0, 0.1) is 5.41 Å². The number of hydrogen-bond acceptors (Lipinski definition) is 6. The lowest BCUT2D eigenvalue weighted by Gasteiger charge is -2.26. The van der Waals surface area contributed by atoms with Gasteiger partial charge in [-0.3, -0.25) is 4.79 Å². The Morgan fingerprint density at radius 1 is 1.40 bits per heavy atom. The van der Waals surface area contributed by atoms with Crippen molar-refractivity contribution in [3.05, 3.63) is 0 Å². The number of aliphatic carboxylic acids is 1. The zero-order valence-corrected chi connectivity index (χ0v) is 12.6. The molecule has 1 aliphatic heterocycles. The molecule has 2 N–H and O–H groups in total. The fourth-order valence-electron chi connectivity index (χ4n) is 2.40. The molecule has 1 saturated heterocycles. The number of carboxylic acid groups (broad SMARTS) is 1. The van der Waals surface area contributed by atoms with E-state index < -0.39 is 33.1 Å². The minimum absolute atomic E-state index is 0.0371. The van der Waals surface area contributed by atoms with Crippen LogP contribution < -0.4 is 0 Å². The molecule has 0 aliphatic carbocycles. The van der Waals surface area contributed by atoms with Gasteiger partial charge in [-0.15, -0.1) is 0 Å². The van der Waals surface area contributed by atoms with Gasteiger partial charge < -0.3 is 19.7 Å². The van der Waals surface area contributed by atoms with E-state index in [-0.39, 0.29) is 31.3 Å². The van der Waals surface area contributed by atoms with E-state index in [9.17, 15) is 23.4 Å². The lowest BCUT2D eigenvalue weighted by molar-refractivity contribution is -0.150. The Morgan fingerprint density at radius 2 is 2.05 bits per heavy atom. The summed E-state index contributed by atoms with van der Waals surface area (Å²) in [4.78, 5) is 11.4. The van der Waals surface area contributed by atoms with Gasteiger partial charge in [0.05, 0.1) is 42.3 Å². The van der Waals surface area contributed by atoms with E-state index in [0.29, 0.717) is 6.61 Å². The largest absolute Gasteiger partial charge is 0.481 e. The highest BCUT2D eigenvalue weighted by Gasteiger charge is 2.49. The molecular weight excluding hydrogens is 288 g/mol. The van der Waals surface area contributed by atoms with Crippen molar-refractivity contribution < 1.29 is 32.9 Å². The van der Waals surface area contributed by atoms with Crippen LogP contribution in [0.2, 0.25) is 0 Å². The highest BCUT2D eigenvalue weighted by molar-refractivity contribution is 7.91. The molecule has 0 amide bonds. The summed E-state index contributed by atoms with van der Waals surface area (Å²) < 4.78 is 33.2. The summed E-state index contributed by atoms with van der Waals surface area (Å²) in [5.74, 6) is -1.74. The average molecular weight is 310 g/mol. The normalized spacial score (nSPS) is 28.1. The molecule has 3 unspecified atom stereocenters. The van der Waals surface area contributed by atoms with Crippen LogP contribution in [0.3, 0.4) is 0 Å². The summed E-state index contributed by atoms with van der Waals surface area (Å²) in [6, 6.07) is 0. The topological polar surface area (TPSA) is 110 Å². The molecule has 1 rings (SSSR count). The van der Waals surface area contributed by atoms with Gasteiger partial charge in [0.25, 0.3) is 0 Å². The summed E-state index contributed by atoms with van der Waals surface area (Å²) in [6.07, 6.45) is -1.32. The fraction of sp³-hybridized carbons (Fsp3) is 0.917. The van der Waals surface area contributed by atoms with Crippen LogP contribution in [0.25, 0.3) is 0 Å². The Bertz CT molecular complexity index is 433. The first-order valence-corrected chi connectivity index (χ1v) is 8.25. The lowest BCUT2D eigenvalue weighted by Crippen LogP contribution is -2.38. The highest BCUT2D eigenvalue weighted by Crippen LogP contribution is 2.37. The van der Waals surface area contributed by atoms with Gasteiger partial charge in [0.1, 0.15) is 0 Å². The monoisotopic (exact) mass is 310 g/mol. The quantitative estimate of drug-likeness (QED) is 0.632. The van der Waals surface area contributed by atoms with Crippen molar-refractivity contribution in [2.24, 2.45) is 5.41 Å². The number of hydrogen-bond donors (Lipinski definition) is 2. The Morgan fingerprint density at radius 3 is 2.50 bits per heavy atom. The highest BCUT2D eigenvalue weighted by atomic mass is 32.2. The molecule has 0 bridgehead atoms. The van der Waals surface area contributed by atoms with Crippen LogP contribution in [0.5, 0.6) is 0 Å². The first kappa shape index (κ1) is 17.4. The number of carbonyl (C=O) groups is 1. The molecule has 8 heteroatoms. The second kappa shape index (κ2) is 6.84. The third-order valence-electron chi connectivity index (χ3n) is 3.44. The average Bonchev–Trinajstić information content (AvgIpc) is 2.64. The molecule has 1 aliphatic rings. The van der Waals surface area contributed by atoms with Crippen molar-refractivity contribution in [1.82, 2.24) is 0 Å². The molecule has 7 nitrogen and oxygen atoms in total. The molecule has 1 fully saturated rings. The number of aliphatic hydroxyl groups is 1. The molecule has 0 aromatic rings. The predicted molar refractivity (Wildman–Crippen MR) is 71.3 cm³/mol. The number of rotatable bonds is 8. The minimum Gasteiger partial charge on any atom is -0.481 e. The number of carboxylic acids is 1. The summed E-state index contributed by atoms with van der Waals surface area (Å²) in [5.41, 5.74) is -1.40. The Hall–Kier alpha value is -0.700. The molecule has 0 spiro atoms. The maximum absolute atomic E-state index is 11.5. The van der Waals surface area contributed by atoms with Gasteiger partial charge in [0.2, 0.25) is 0 Å². The van der Waals surface area contributed by atoms with Gasteiger partial charge in [0.15, 0.2) is 9.84 Å². The Kier molecular flexibility index (Phi) is 5.93. The van der Waals surface area contributed by atoms with Crippen molar-refractivity contribution in [2.75, 3.05) is 31.8 Å². The van der Waals surface area contributed by atoms with Crippen LogP contribution in [-0.4, -0.2) is 68.6 Å². The SMILES string of the molecule is COCC(C)OCC(O)CC1(C(=O)O)CCS(=O)(=O)C1. The fourth-order valence-corrected chi connectivity index (χ4v) is 4.47. The summed E-state index contributed by atoms with van der Waals surface area (Å²) in [7, 11) is -1.81. The van der Waals surface area contributed by atoms with Gasteiger partial charge in [-0.1, -0.05) is 0 Å². The van der Waals surface area contributed by atoms with Crippen LogP contribution in [0.15, 0.2) is 0 Å². The molecule has 0 saturated carbocycles. The van der Waals surface area contributed by atoms with Crippen LogP contribution in [-0.2, 0) is 24.1 Å². The van der Waals surface area contributed by atoms with Gasteiger partial charge in [0, 0.05) is 7.11 Å². The van der Waals surface area contributed by atoms with Crippen molar-refractivity contribution >= 4 is 15.8 Å². The zero-order valence-electron chi connectivity index (χ0n) is 11.7. The van der Waals surface area contributed by atoms with E-state index >= 15 is 0 Å². The molecule has 118 valence electrons. The zero-order chi connectivity index (χ0) is 15.4. The molecule has 0 aromatic carbocycles. The van der Waals surface area contributed by atoms with Gasteiger partial charge in [-0.05, 0) is 19.8 Å². The number of aliphatic hydroxyl groups excluding tert-OH is 1. The first-order chi connectivity index (χ1) is 9.21. The number of ether oxygens (including phenoxy) is 2. The Labute approximate surface area is 118 Å². The van der Waals surface area contributed by atoms with E-state index in [4.69, 9.17) is 9.47 Å². The van der Waals surface area contributed by atoms with Crippen LogP contribution in [0.1, 0.15) is 19.8 Å². The van der Waals surface area contributed by atoms with E-state index in [2.05, 4.69) is 0 Å². The number of sulfone groups is 1. The van der Waals surface area contributed by atoms with Crippen molar-refractivity contribution in [1.29, 1.82) is 0 Å². The van der Waals surface area contributed by atoms with Gasteiger partial charge >= 0.3 is 5.97 Å². The van der Waals surface area contributed by atoms with Crippen LogP contribution >= 0.6 is 0 Å². The summed E-state index contributed by atoms with van der Waals surface area (Å²) >= 11 is 0. The third kappa shape index (κ3) is 4.69. The smallest absolute Gasteiger partial charge is 0.310 e.